The number of benzene rings is 1. The standard InChI is InChI=1S/C25H28F2N4O4/c26-24(27)35-12-7-25(5-10-34-11-6-25)14-22(32)18-15-28-31-9-8-30(16-21(18)31)23(33)20-13-17-3-1-2-4-19(17)29-20/h1-4,13,15,24,29H,5-12,14,16H2. The zero-order chi connectivity index (χ0) is 24.4. The van der Waals surface area contributed by atoms with Crippen molar-refractivity contribution in [2.45, 2.75) is 45.4 Å². The predicted octanol–water partition coefficient (Wildman–Crippen LogP) is 4.02. The van der Waals surface area contributed by atoms with Crippen LogP contribution in [0.2, 0.25) is 0 Å². The van der Waals surface area contributed by atoms with E-state index in [1.807, 2.05) is 30.3 Å². The van der Waals surface area contributed by atoms with Crippen molar-refractivity contribution in [3.05, 3.63) is 53.5 Å². The van der Waals surface area contributed by atoms with E-state index in [2.05, 4.69) is 14.8 Å². The Balaban J connectivity index is 1.31. The number of carbonyl (C=O) groups excluding carboxylic acids is 2. The summed E-state index contributed by atoms with van der Waals surface area (Å²) in [6.07, 6.45) is 3.36. The zero-order valence-electron chi connectivity index (χ0n) is 19.3. The number of nitrogens with zero attached hydrogens (tertiary/aromatic N) is 3. The van der Waals surface area contributed by atoms with E-state index in [4.69, 9.17) is 4.74 Å². The molecule has 2 aliphatic heterocycles. The number of para-hydroxylation sites is 1. The van der Waals surface area contributed by atoms with E-state index in [1.54, 1.807) is 15.8 Å². The first-order valence-corrected chi connectivity index (χ1v) is 11.9. The van der Waals surface area contributed by atoms with Crippen LogP contribution in [0.1, 0.15) is 52.2 Å². The molecule has 35 heavy (non-hydrogen) atoms. The van der Waals surface area contributed by atoms with Crippen LogP contribution in [0.3, 0.4) is 0 Å². The number of rotatable bonds is 8. The fraction of sp³-hybridized carbons (Fsp3) is 0.480. The van der Waals surface area contributed by atoms with E-state index in [9.17, 15) is 18.4 Å². The van der Waals surface area contributed by atoms with E-state index >= 15 is 0 Å². The van der Waals surface area contributed by atoms with Crippen LogP contribution >= 0.6 is 0 Å². The van der Waals surface area contributed by atoms with Crippen LogP contribution in [0.15, 0.2) is 36.5 Å². The van der Waals surface area contributed by atoms with Gasteiger partial charge < -0.3 is 19.4 Å². The Kier molecular flexibility index (Phi) is 6.66. The minimum atomic E-state index is -2.83. The molecule has 1 amide bonds. The second-order valence-corrected chi connectivity index (χ2v) is 9.32. The highest BCUT2D eigenvalue weighted by Gasteiger charge is 2.37. The number of hydrogen-bond donors (Lipinski definition) is 1. The number of aromatic amines is 1. The van der Waals surface area contributed by atoms with Gasteiger partial charge in [0, 0.05) is 37.1 Å². The molecule has 186 valence electrons. The van der Waals surface area contributed by atoms with Gasteiger partial charge >= 0.3 is 6.61 Å². The lowest BCUT2D eigenvalue weighted by atomic mass is 9.73. The molecule has 8 nitrogen and oxygen atoms in total. The third-order valence-corrected chi connectivity index (χ3v) is 7.18. The molecule has 0 saturated carbocycles. The molecule has 0 aliphatic carbocycles. The van der Waals surface area contributed by atoms with Gasteiger partial charge in [0.25, 0.3) is 5.91 Å². The topological polar surface area (TPSA) is 89.4 Å². The lowest BCUT2D eigenvalue weighted by Gasteiger charge is -2.37. The van der Waals surface area contributed by atoms with Gasteiger partial charge in [-0.05, 0) is 36.8 Å². The van der Waals surface area contributed by atoms with Crippen molar-refractivity contribution in [1.82, 2.24) is 19.7 Å². The largest absolute Gasteiger partial charge is 0.381 e. The number of ether oxygens (including phenoxy) is 2. The van der Waals surface area contributed by atoms with Crippen LogP contribution in [-0.4, -0.2) is 64.3 Å². The van der Waals surface area contributed by atoms with Crippen molar-refractivity contribution in [1.29, 1.82) is 0 Å². The number of Topliss-reactive ketones (excluding diaryl/α,β-unsaturated/α-hetero) is 1. The summed E-state index contributed by atoms with van der Waals surface area (Å²) in [6.45, 7) is -0.699. The fourth-order valence-electron chi connectivity index (χ4n) is 5.13. The number of carbonyl (C=O) groups is 2. The molecule has 1 fully saturated rings. The highest BCUT2D eigenvalue weighted by Crippen LogP contribution is 2.39. The predicted molar refractivity (Wildman–Crippen MR) is 123 cm³/mol. The number of ketones is 1. The maximum atomic E-state index is 13.4. The van der Waals surface area contributed by atoms with Crippen molar-refractivity contribution in [2.75, 3.05) is 26.4 Å². The number of nitrogens with one attached hydrogen (secondary N) is 1. The lowest BCUT2D eigenvalue weighted by Crippen LogP contribution is -2.39. The maximum Gasteiger partial charge on any atom is 0.345 e. The van der Waals surface area contributed by atoms with E-state index in [1.165, 1.54) is 0 Å². The van der Waals surface area contributed by atoms with Crippen LogP contribution in [0.5, 0.6) is 0 Å². The molecule has 2 aromatic heterocycles. The number of hydrogen-bond acceptors (Lipinski definition) is 5. The third kappa shape index (κ3) is 4.99. The molecule has 1 saturated heterocycles. The van der Waals surface area contributed by atoms with Gasteiger partial charge in [0.1, 0.15) is 5.69 Å². The molecule has 4 heterocycles. The molecule has 0 unspecified atom stereocenters. The summed E-state index contributed by atoms with van der Waals surface area (Å²) in [6, 6.07) is 9.55. The Morgan fingerprint density at radius 3 is 2.77 bits per heavy atom. The van der Waals surface area contributed by atoms with Crippen molar-refractivity contribution in [2.24, 2.45) is 5.41 Å². The summed E-state index contributed by atoms with van der Waals surface area (Å²) >= 11 is 0. The van der Waals surface area contributed by atoms with E-state index in [0.717, 1.165) is 10.9 Å². The number of halogens is 2. The van der Waals surface area contributed by atoms with Gasteiger partial charge in [0.2, 0.25) is 0 Å². The molecular formula is C25H28F2N4O4. The highest BCUT2D eigenvalue weighted by atomic mass is 19.3. The second kappa shape index (κ2) is 9.87. The minimum Gasteiger partial charge on any atom is -0.381 e. The zero-order valence-corrected chi connectivity index (χ0v) is 19.3. The summed E-state index contributed by atoms with van der Waals surface area (Å²) in [7, 11) is 0. The highest BCUT2D eigenvalue weighted by molar-refractivity contribution is 5.99. The van der Waals surface area contributed by atoms with E-state index < -0.39 is 12.0 Å². The number of H-pyrrole nitrogens is 1. The molecule has 0 atom stereocenters. The summed E-state index contributed by atoms with van der Waals surface area (Å²) in [5.74, 6) is -0.220. The van der Waals surface area contributed by atoms with Crippen molar-refractivity contribution >= 4 is 22.6 Å². The summed E-state index contributed by atoms with van der Waals surface area (Å²) in [4.78, 5) is 31.5. The number of aromatic nitrogens is 3. The molecule has 0 spiro atoms. The monoisotopic (exact) mass is 486 g/mol. The maximum absolute atomic E-state index is 13.4. The average Bonchev–Trinajstić information content (AvgIpc) is 3.48. The molecule has 1 N–H and O–H groups in total. The second-order valence-electron chi connectivity index (χ2n) is 9.32. The Morgan fingerprint density at radius 1 is 1.20 bits per heavy atom. The van der Waals surface area contributed by atoms with Gasteiger partial charge in [-0.15, -0.1) is 0 Å². The van der Waals surface area contributed by atoms with Gasteiger partial charge in [0.15, 0.2) is 5.78 Å². The van der Waals surface area contributed by atoms with Crippen molar-refractivity contribution < 1.29 is 27.8 Å². The van der Waals surface area contributed by atoms with Crippen molar-refractivity contribution in [3.63, 3.8) is 0 Å². The van der Waals surface area contributed by atoms with Gasteiger partial charge in [-0.3, -0.25) is 14.3 Å². The van der Waals surface area contributed by atoms with Gasteiger partial charge in [0.05, 0.1) is 37.2 Å². The molecule has 5 rings (SSSR count). The van der Waals surface area contributed by atoms with Crippen LogP contribution < -0.4 is 0 Å². The normalized spacial score (nSPS) is 17.6. The van der Waals surface area contributed by atoms with E-state index in [-0.39, 0.29) is 31.3 Å². The number of amides is 1. The number of alkyl halides is 2. The lowest BCUT2D eigenvalue weighted by molar-refractivity contribution is -0.137. The number of fused-ring (bicyclic) bond motifs is 2. The molecule has 0 radical (unpaired) electrons. The molecule has 3 aromatic rings. The van der Waals surface area contributed by atoms with Crippen LogP contribution in [-0.2, 0) is 22.6 Å². The minimum absolute atomic E-state index is 0.0925. The van der Waals surface area contributed by atoms with E-state index in [0.29, 0.717) is 62.5 Å². The average molecular weight is 487 g/mol. The van der Waals surface area contributed by atoms with Gasteiger partial charge in [-0.25, -0.2) is 0 Å². The SMILES string of the molecule is O=C(CC1(CCOC(F)F)CCOCC1)c1cnn2c1CN(C(=O)c1cc3ccccc3[nH]1)CC2. The summed E-state index contributed by atoms with van der Waals surface area (Å²) < 4.78 is 36.7. The first kappa shape index (κ1) is 23.6. The van der Waals surface area contributed by atoms with Crippen LogP contribution in [0, 0.1) is 5.41 Å². The first-order valence-electron chi connectivity index (χ1n) is 11.9. The molecule has 2 aliphatic rings. The van der Waals surface area contributed by atoms with Crippen LogP contribution in [0.4, 0.5) is 8.78 Å². The van der Waals surface area contributed by atoms with Gasteiger partial charge in [-0.1, -0.05) is 18.2 Å². The Labute approximate surface area is 201 Å². The first-order chi connectivity index (χ1) is 16.9. The third-order valence-electron chi connectivity index (χ3n) is 7.18. The van der Waals surface area contributed by atoms with Crippen LogP contribution in [0.25, 0.3) is 10.9 Å². The molecule has 1 aromatic carbocycles. The Hall–Kier alpha value is -3.11. The van der Waals surface area contributed by atoms with Gasteiger partial charge in [-0.2, -0.15) is 13.9 Å². The molecule has 10 heteroatoms. The quantitative estimate of drug-likeness (QED) is 0.486. The fourth-order valence-corrected chi connectivity index (χ4v) is 5.13. The summed E-state index contributed by atoms with van der Waals surface area (Å²) in [5, 5.41) is 5.35. The molecular weight excluding hydrogens is 458 g/mol. The van der Waals surface area contributed by atoms with Crippen molar-refractivity contribution in [3.8, 4) is 0 Å². The Bertz CT molecular complexity index is 1180. The molecule has 0 bridgehead atoms. The Morgan fingerprint density at radius 2 is 2.00 bits per heavy atom. The smallest absolute Gasteiger partial charge is 0.345 e. The summed E-state index contributed by atoms with van der Waals surface area (Å²) in [5.41, 5.74) is 2.14.